The van der Waals surface area contributed by atoms with Gasteiger partial charge >= 0.3 is 0 Å². The maximum atomic E-state index is 12.9. The minimum absolute atomic E-state index is 0.0184. The molecule has 1 fully saturated rings. The Bertz CT molecular complexity index is 1280. The fraction of sp³-hybridized carbons (Fsp3) is 0.481. The third-order valence-electron chi connectivity index (χ3n) is 6.99. The molecule has 0 spiro atoms. The largest absolute Gasteiger partial charge is 0.387 e. The fourth-order valence-corrected chi connectivity index (χ4v) is 7.09. The number of sulfone groups is 1. The molecule has 4 rings (SSSR count). The lowest BCUT2D eigenvalue weighted by Crippen LogP contribution is -2.93. The Balaban J connectivity index is 1.49. The molecule has 8 heteroatoms. The van der Waals surface area contributed by atoms with Gasteiger partial charge in [0.1, 0.15) is 24.4 Å². The number of aliphatic hydroxyl groups is 1. The van der Waals surface area contributed by atoms with Crippen LogP contribution in [0.2, 0.25) is 0 Å². The number of aliphatic hydroxyl groups excluding tert-OH is 1. The van der Waals surface area contributed by atoms with Gasteiger partial charge in [0.15, 0.2) is 9.84 Å². The lowest BCUT2D eigenvalue weighted by atomic mass is 9.86. The van der Waals surface area contributed by atoms with Crippen molar-refractivity contribution in [3.8, 4) is 0 Å². The molecule has 3 aromatic rings. The number of quaternary nitrogens is 1. The van der Waals surface area contributed by atoms with Crippen molar-refractivity contribution in [2.45, 2.75) is 64.1 Å². The molecule has 0 saturated carbocycles. The van der Waals surface area contributed by atoms with Crippen LogP contribution in [0.3, 0.4) is 0 Å². The normalized spacial score (nSPS) is 22.7. The topological polar surface area (TPSA) is 86.8 Å². The molecule has 2 heterocycles. The van der Waals surface area contributed by atoms with E-state index in [0.29, 0.717) is 18.5 Å². The number of benzene rings is 2. The van der Waals surface area contributed by atoms with E-state index in [4.69, 9.17) is 0 Å². The molecular formula is C27H35F2N2O3S+. The van der Waals surface area contributed by atoms with Crippen molar-refractivity contribution < 1.29 is 27.6 Å². The predicted octanol–water partition coefficient (Wildman–Crippen LogP) is 3.35. The maximum absolute atomic E-state index is 12.9. The molecule has 190 valence electrons. The van der Waals surface area contributed by atoms with E-state index in [-0.39, 0.29) is 23.3 Å². The number of aromatic nitrogens is 1. The first-order valence-corrected chi connectivity index (χ1v) is 13.9. The Morgan fingerprint density at radius 3 is 2.60 bits per heavy atom. The zero-order chi connectivity index (χ0) is 25.4. The summed E-state index contributed by atoms with van der Waals surface area (Å²) in [6.45, 7) is 7.04. The molecule has 1 aliphatic heterocycles. The highest BCUT2D eigenvalue weighted by Crippen LogP contribution is 2.27. The third-order valence-corrected chi connectivity index (χ3v) is 8.82. The van der Waals surface area contributed by atoms with Crippen LogP contribution in [-0.2, 0) is 34.6 Å². The molecule has 3 atom stereocenters. The summed E-state index contributed by atoms with van der Waals surface area (Å²) in [4.78, 5) is 3.02. The van der Waals surface area contributed by atoms with Crippen molar-refractivity contribution >= 4 is 20.7 Å². The van der Waals surface area contributed by atoms with Gasteiger partial charge in [-0.2, -0.15) is 0 Å². The number of aromatic amines is 1. The molecule has 0 unspecified atom stereocenters. The number of H-pyrrole nitrogens is 1. The van der Waals surface area contributed by atoms with Crippen LogP contribution in [0.1, 0.15) is 43.0 Å². The van der Waals surface area contributed by atoms with E-state index in [1.54, 1.807) is 6.20 Å². The monoisotopic (exact) mass is 505 g/mol. The van der Waals surface area contributed by atoms with E-state index in [1.165, 1.54) is 5.56 Å². The Hall–Kier alpha value is -2.29. The van der Waals surface area contributed by atoms with Crippen LogP contribution in [0.4, 0.5) is 8.78 Å². The smallest absolute Gasteiger partial charge is 0.242 e. The average molecular weight is 506 g/mol. The van der Waals surface area contributed by atoms with Crippen molar-refractivity contribution in [2.75, 3.05) is 11.5 Å². The number of alkyl halides is 2. The van der Waals surface area contributed by atoms with E-state index in [1.807, 2.05) is 35.6 Å². The first kappa shape index (κ1) is 25.8. The van der Waals surface area contributed by atoms with Crippen LogP contribution >= 0.6 is 0 Å². The van der Waals surface area contributed by atoms with Crippen molar-refractivity contribution in [3.05, 3.63) is 70.9 Å². The van der Waals surface area contributed by atoms with Crippen LogP contribution in [0.5, 0.6) is 0 Å². The molecule has 5 nitrogen and oxygen atoms in total. The number of halogens is 2. The number of hydrogen-bond donors (Lipinski definition) is 3. The van der Waals surface area contributed by atoms with Gasteiger partial charge in [-0.3, -0.25) is 0 Å². The SMILES string of the molecule is CC(C)(C)c1cccc(C[NH2+][C@H]2CS(=O)(=O)C[C@@H](Cc3ccc4[nH]cc(CC(F)F)c4c3)[C@@H]2O)c1. The molecule has 35 heavy (non-hydrogen) atoms. The molecule has 1 saturated heterocycles. The number of nitrogens with two attached hydrogens (primary N) is 1. The lowest BCUT2D eigenvalue weighted by Gasteiger charge is -2.33. The fourth-order valence-electron chi connectivity index (χ4n) is 5.06. The van der Waals surface area contributed by atoms with Crippen LogP contribution in [-0.4, -0.2) is 48.6 Å². The summed E-state index contributed by atoms with van der Waals surface area (Å²) in [6.07, 6.45) is -1.59. The van der Waals surface area contributed by atoms with E-state index in [9.17, 15) is 22.3 Å². The molecule has 2 aromatic carbocycles. The second kappa shape index (κ2) is 9.99. The molecule has 0 radical (unpaired) electrons. The Labute approximate surface area is 205 Å². The highest BCUT2D eigenvalue weighted by molar-refractivity contribution is 7.91. The number of fused-ring (bicyclic) bond motifs is 1. The molecule has 0 aliphatic carbocycles. The van der Waals surface area contributed by atoms with E-state index in [2.05, 4.69) is 37.9 Å². The maximum Gasteiger partial charge on any atom is 0.242 e. The first-order chi connectivity index (χ1) is 16.4. The molecule has 0 bridgehead atoms. The molecule has 1 aliphatic rings. The third kappa shape index (κ3) is 6.29. The van der Waals surface area contributed by atoms with Gasteiger partial charge in [-0.15, -0.1) is 0 Å². The Kier molecular flexibility index (Phi) is 7.36. The van der Waals surface area contributed by atoms with Gasteiger partial charge < -0.3 is 15.4 Å². The minimum atomic E-state index is -3.32. The summed E-state index contributed by atoms with van der Waals surface area (Å²) in [5, 5.41) is 13.8. The van der Waals surface area contributed by atoms with Gasteiger partial charge in [0, 0.05) is 35.0 Å². The van der Waals surface area contributed by atoms with Gasteiger partial charge in [0.2, 0.25) is 6.43 Å². The van der Waals surface area contributed by atoms with Crippen LogP contribution in [0, 0.1) is 5.92 Å². The summed E-state index contributed by atoms with van der Waals surface area (Å²) in [7, 11) is -3.32. The predicted molar refractivity (Wildman–Crippen MR) is 134 cm³/mol. The number of nitrogens with one attached hydrogen (secondary N) is 1. The van der Waals surface area contributed by atoms with Crippen LogP contribution < -0.4 is 5.32 Å². The lowest BCUT2D eigenvalue weighted by molar-refractivity contribution is -0.708. The zero-order valence-electron chi connectivity index (χ0n) is 20.5. The minimum Gasteiger partial charge on any atom is -0.387 e. The Morgan fingerprint density at radius 1 is 1.11 bits per heavy atom. The summed E-state index contributed by atoms with van der Waals surface area (Å²) in [5.74, 6) is -0.586. The summed E-state index contributed by atoms with van der Waals surface area (Å²) in [5.41, 5.74) is 4.47. The summed E-state index contributed by atoms with van der Waals surface area (Å²) < 4.78 is 51.3. The van der Waals surface area contributed by atoms with E-state index >= 15 is 0 Å². The number of hydrogen-bond acceptors (Lipinski definition) is 3. The van der Waals surface area contributed by atoms with E-state index in [0.717, 1.165) is 22.0 Å². The highest BCUT2D eigenvalue weighted by Gasteiger charge is 2.41. The molecular weight excluding hydrogens is 470 g/mol. The first-order valence-electron chi connectivity index (χ1n) is 12.1. The van der Waals surface area contributed by atoms with Gasteiger partial charge in [0.05, 0.1) is 5.75 Å². The van der Waals surface area contributed by atoms with Crippen molar-refractivity contribution in [1.29, 1.82) is 0 Å². The highest BCUT2D eigenvalue weighted by atomic mass is 32.2. The van der Waals surface area contributed by atoms with Gasteiger partial charge in [-0.1, -0.05) is 45.0 Å². The van der Waals surface area contributed by atoms with Crippen LogP contribution in [0.15, 0.2) is 48.7 Å². The summed E-state index contributed by atoms with van der Waals surface area (Å²) in [6, 6.07) is 13.4. The zero-order valence-corrected chi connectivity index (χ0v) is 21.3. The average Bonchev–Trinajstić information content (AvgIpc) is 3.16. The van der Waals surface area contributed by atoms with Crippen molar-refractivity contribution in [1.82, 2.24) is 4.98 Å². The van der Waals surface area contributed by atoms with Crippen molar-refractivity contribution in [2.24, 2.45) is 5.92 Å². The van der Waals surface area contributed by atoms with Crippen molar-refractivity contribution in [3.63, 3.8) is 0 Å². The van der Waals surface area contributed by atoms with Crippen LogP contribution in [0.25, 0.3) is 10.9 Å². The summed E-state index contributed by atoms with van der Waals surface area (Å²) >= 11 is 0. The van der Waals surface area contributed by atoms with Gasteiger partial charge in [0.25, 0.3) is 0 Å². The Morgan fingerprint density at radius 2 is 1.89 bits per heavy atom. The second-order valence-corrected chi connectivity index (χ2v) is 13.0. The standard InChI is InChI=1S/C27H34F2N2O3S/c1-27(2,3)21-6-4-5-18(10-21)13-30-24-16-35(33,34)15-20(26(24)32)9-17-7-8-23-22(11-17)19(14-31-23)12-25(28)29/h4-8,10-11,14,20,24-26,30-32H,9,12-13,15-16H2,1-3H3/p+1/t20-,24+,26+/m1/s1. The second-order valence-electron chi connectivity index (χ2n) is 10.9. The quantitative estimate of drug-likeness (QED) is 0.460. The molecule has 1 aromatic heterocycles. The van der Waals surface area contributed by atoms with Gasteiger partial charge in [-0.25, -0.2) is 17.2 Å². The van der Waals surface area contributed by atoms with E-state index < -0.39 is 34.3 Å². The molecule has 0 amide bonds. The van der Waals surface area contributed by atoms with Gasteiger partial charge in [-0.05, 0) is 46.7 Å². The number of rotatable bonds is 7. The molecule has 4 N–H and O–H groups in total.